The number of piperazine rings is 1. The van der Waals surface area contributed by atoms with Gasteiger partial charge in [-0.3, -0.25) is 4.79 Å². The summed E-state index contributed by atoms with van der Waals surface area (Å²) >= 11 is 6.07. The molecule has 0 unspecified atom stereocenters. The minimum Gasteiger partial charge on any atom is -0.492 e. The van der Waals surface area contributed by atoms with Gasteiger partial charge in [-0.05, 0) is 42.3 Å². The molecule has 0 saturated carbocycles. The molecule has 1 atom stereocenters. The molecule has 4 nitrogen and oxygen atoms in total. The van der Waals surface area contributed by atoms with E-state index in [1.54, 1.807) is 0 Å². The molecular formula is C20H21ClN2O2. The van der Waals surface area contributed by atoms with Gasteiger partial charge in [-0.1, -0.05) is 29.8 Å². The smallest absolute Gasteiger partial charge is 0.229 e. The van der Waals surface area contributed by atoms with Crippen molar-refractivity contribution in [1.82, 2.24) is 4.90 Å². The second-order valence-corrected chi connectivity index (χ2v) is 7.05. The highest BCUT2D eigenvalue weighted by Gasteiger charge is 2.31. The van der Waals surface area contributed by atoms with Gasteiger partial charge in [0.2, 0.25) is 5.91 Å². The molecule has 5 heteroatoms. The lowest BCUT2D eigenvalue weighted by Crippen LogP contribution is -2.51. The fraction of sp³-hybridized carbons (Fsp3) is 0.350. The van der Waals surface area contributed by atoms with Gasteiger partial charge in [0.05, 0.1) is 5.92 Å². The number of carbonyl (C=O) groups is 1. The molecule has 4 rings (SSSR count). The molecule has 0 aromatic heterocycles. The predicted octanol–water partition coefficient (Wildman–Crippen LogP) is 3.24. The van der Waals surface area contributed by atoms with Crippen molar-refractivity contribution in [2.75, 3.05) is 37.7 Å². The summed E-state index contributed by atoms with van der Waals surface area (Å²) in [4.78, 5) is 17.2. The summed E-state index contributed by atoms with van der Waals surface area (Å²) in [7, 11) is 0. The zero-order valence-electron chi connectivity index (χ0n) is 14.0. The molecule has 0 aliphatic carbocycles. The predicted molar refractivity (Wildman–Crippen MR) is 99.4 cm³/mol. The second kappa shape index (κ2) is 6.96. The molecule has 2 aliphatic rings. The van der Waals surface area contributed by atoms with Crippen LogP contribution in [0.5, 0.6) is 5.75 Å². The topological polar surface area (TPSA) is 32.8 Å². The summed E-state index contributed by atoms with van der Waals surface area (Å²) in [5.41, 5.74) is 2.25. The Morgan fingerprint density at radius 2 is 1.80 bits per heavy atom. The van der Waals surface area contributed by atoms with E-state index in [0.717, 1.165) is 37.5 Å². The van der Waals surface area contributed by atoms with Gasteiger partial charge in [-0.2, -0.15) is 0 Å². The highest BCUT2D eigenvalue weighted by atomic mass is 35.5. The molecule has 1 fully saturated rings. The molecule has 2 aliphatic heterocycles. The maximum Gasteiger partial charge on any atom is 0.229 e. The maximum atomic E-state index is 12.9. The first-order chi connectivity index (χ1) is 12.2. The van der Waals surface area contributed by atoms with E-state index in [2.05, 4.69) is 29.2 Å². The fourth-order valence-electron chi connectivity index (χ4n) is 3.60. The molecule has 130 valence electrons. The Kier molecular flexibility index (Phi) is 4.53. The van der Waals surface area contributed by atoms with Gasteiger partial charge in [-0.15, -0.1) is 0 Å². The van der Waals surface area contributed by atoms with Crippen LogP contribution in [0.2, 0.25) is 5.02 Å². The SMILES string of the molecule is O=C([C@H]1COc2ccc(Cl)cc2C1)N1CCN(c2ccccc2)CC1. The quantitative estimate of drug-likeness (QED) is 0.828. The van der Waals surface area contributed by atoms with E-state index >= 15 is 0 Å². The number of amides is 1. The van der Waals surface area contributed by atoms with Gasteiger partial charge >= 0.3 is 0 Å². The van der Waals surface area contributed by atoms with Crippen LogP contribution in [0.1, 0.15) is 5.56 Å². The van der Waals surface area contributed by atoms with Crippen LogP contribution < -0.4 is 9.64 Å². The first kappa shape index (κ1) is 16.3. The molecule has 0 N–H and O–H groups in total. The third kappa shape index (κ3) is 3.45. The van der Waals surface area contributed by atoms with Crippen LogP contribution in [0.15, 0.2) is 48.5 Å². The largest absolute Gasteiger partial charge is 0.492 e. The molecule has 1 saturated heterocycles. The minimum atomic E-state index is -0.116. The van der Waals surface area contributed by atoms with Crippen molar-refractivity contribution in [2.24, 2.45) is 5.92 Å². The zero-order valence-corrected chi connectivity index (χ0v) is 14.8. The number of halogens is 1. The lowest BCUT2D eigenvalue weighted by Gasteiger charge is -2.38. The number of hydrogen-bond acceptors (Lipinski definition) is 3. The number of ether oxygens (including phenoxy) is 1. The van der Waals surface area contributed by atoms with Crippen molar-refractivity contribution in [3.8, 4) is 5.75 Å². The van der Waals surface area contributed by atoms with Crippen molar-refractivity contribution >= 4 is 23.2 Å². The Morgan fingerprint density at radius 3 is 2.56 bits per heavy atom. The normalized spacial score (nSPS) is 20.0. The van der Waals surface area contributed by atoms with Gasteiger partial charge in [0.15, 0.2) is 0 Å². The van der Waals surface area contributed by atoms with Crippen LogP contribution >= 0.6 is 11.6 Å². The Labute approximate surface area is 152 Å². The molecule has 25 heavy (non-hydrogen) atoms. The molecule has 0 spiro atoms. The van der Waals surface area contributed by atoms with Crippen molar-refractivity contribution < 1.29 is 9.53 Å². The number of benzene rings is 2. The second-order valence-electron chi connectivity index (χ2n) is 6.61. The van der Waals surface area contributed by atoms with Crippen LogP contribution in [0.3, 0.4) is 0 Å². The van der Waals surface area contributed by atoms with Crippen LogP contribution in [0.4, 0.5) is 5.69 Å². The fourth-order valence-corrected chi connectivity index (χ4v) is 3.80. The average molecular weight is 357 g/mol. The van der Waals surface area contributed by atoms with Crippen molar-refractivity contribution in [3.63, 3.8) is 0 Å². The maximum absolute atomic E-state index is 12.9. The molecule has 2 heterocycles. The van der Waals surface area contributed by atoms with Crippen LogP contribution in [-0.4, -0.2) is 43.6 Å². The number of nitrogens with zero attached hydrogens (tertiary/aromatic N) is 2. The Balaban J connectivity index is 1.38. The van der Waals surface area contributed by atoms with Crippen LogP contribution in [0, 0.1) is 5.92 Å². The van der Waals surface area contributed by atoms with Crippen molar-refractivity contribution in [1.29, 1.82) is 0 Å². The van der Waals surface area contributed by atoms with E-state index < -0.39 is 0 Å². The Hall–Kier alpha value is -2.20. The molecule has 0 bridgehead atoms. The number of rotatable bonds is 2. The first-order valence-corrected chi connectivity index (χ1v) is 9.08. The van der Waals surface area contributed by atoms with Gasteiger partial charge in [0, 0.05) is 36.9 Å². The molecule has 2 aromatic carbocycles. The van der Waals surface area contributed by atoms with E-state index in [9.17, 15) is 4.79 Å². The van der Waals surface area contributed by atoms with E-state index in [1.165, 1.54) is 5.69 Å². The molecule has 1 amide bonds. The number of para-hydroxylation sites is 1. The number of carbonyl (C=O) groups excluding carboxylic acids is 1. The highest BCUT2D eigenvalue weighted by Crippen LogP contribution is 2.30. The first-order valence-electron chi connectivity index (χ1n) is 8.71. The summed E-state index contributed by atoms with van der Waals surface area (Å²) in [6.45, 7) is 3.70. The van der Waals surface area contributed by atoms with Crippen LogP contribution in [-0.2, 0) is 11.2 Å². The summed E-state index contributed by atoms with van der Waals surface area (Å²) in [6.07, 6.45) is 0.702. The molecule has 2 aromatic rings. The lowest BCUT2D eigenvalue weighted by molar-refractivity contribution is -0.137. The standard InChI is InChI=1S/C20H21ClN2O2/c21-17-6-7-19-15(13-17)12-16(14-25-19)20(24)23-10-8-22(9-11-23)18-4-2-1-3-5-18/h1-7,13,16H,8-12,14H2/t16-/m1/s1. The van der Waals surface area contributed by atoms with E-state index in [-0.39, 0.29) is 11.8 Å². The number of fused-ring (bicyclic) bond motifs is 1. The van der Waals surface area contributed by atoms with Crippen molar-refractivity contribution in [2.45, 2.75) is 6.42 Å². The summed E-state index contributed by atoms with van der Waals surface area (Å²) in [6, 6.07) is 16.0. The Morgan fingerprint density at radius 1 is 1.04 bits per heavy atom. The summed E-state index contributed by atoms with van der Waals surface area (Å²) in [5, 5.41) is 0.687. The summed E-state index contributed by atoms with van der Waals surface area (Å²) < 4.78 is 5.78. The Bertz CT molecular complexity index is 758. The number of hydrogen-bond donors (Lipinski definition) is 0. The monoisotopic (exact) mass is 356 g/mol. The van der Waals surface area contributed by atoms with Gasteiger partial charge in [0.25, 0.3) is 0 Å². The highest BCUT2D eigenvalue weighted by molar-refractivity contribution is 6.30. The third-order valence-electron chi connectivity index (χ3n) is 4.99. The number of anilines is 1. The third-order valence-corrected chi connectivity index (χ3v) is 5.23. The zero-order chi connectivity index (χ0) is 17.2. The average Bonchev–Trinajstić information content (AvgIpc) is 2.67. The minimum absolute atomic E-state index is 0.116. The molecule has 0 radical (unpaired) electrons. The molecular weight excluding hydrogens is 336 g/mol. The van der Waals surface area contributed by atoms with E-state index in [1.807, 2.05) is 29.2 Å². The summed E-state index contributed by atoms with van der Waals surface area (Å²) in [5.74, 6) is 0.926. The van der Waals surface area contributed by atoms with Gasteiger partial charge < -0.3 is 14.5 Å². The van der Waals surface area contributed by atoms with Crippen LogP contribution in [0.25, 0.3) is 0 Å². The lowest BCUT2D eigenvalue weighted by atomic mass is 9.95. The van der Waals surface area contributed by atoms with Crippen molar-refractivity contribution in [3.05, 3.63) is 59.1 Å². The van der Waals surface area contributed by atoms with Gasteiger partial charge in [-0.25, -0.2) is 0 Å². The van der Waals surface area contributed by atoms with E-state index in [4.69, 9.17) is 16.3 Å². The van der Waals surface area contributed by atoms with E-state index in [0.29, 0.717) is 18.1 Å². The van der Waals surface area contributed by atoms with Gasteiger partial charge in [0.1, 0.15) is 12.4 Å².